The zero-order chi connectivity index (χ0) is 15.5. The number of hydrogen-bond donors (Lipinski definition) is 0. The molecule has 1 heterocycles. The van der Waals surface area contributed by atoms with Gasteiger partial charge in [-0.1, -0.05) is 44.2 Å². The van der Waals surface area contributed by atoms with E-state index in [0.717, 1.165) is 35.3 Å². The molecule has 0 aliphatic heterocycles. The fourth-order valence-corrected chi connectivity index (χ4v) is 2.59. The second-order valence-corrected chi connectivity index (χ2v) is 5.22. The molecule has 1 aromatic heterocycles. The molecule has 0 saturated heterocycles. The molecule has 0 atom stereocenters. The molecule has 3 rings (SSSR count). The lowest BCUT2D eigenvalue weighted by molar-refractivity contribution is 0.103. The summed E-state index contributed by atoms with van der Waals surface area (Å²) in [4.78, 5) is 21.9. The molecule has 0 saturated carbocycles. The number of benzene rings is 2. The number of carbonyl (C=O) groups excluding carboxylic acids is 1. The SMILES string of the molecule is CCc1nc2ccc(C(=O)c3ccccc3)cc2nc1CC. The minimum absolute atomic E-state index is 0.0157. The van der Waals surface area contributed by atoms with E-state index in [4.69, 9.17) is 0 Å². The van der Waals surface area contributed by atoms with Crippen molar-refractivity contribution in [1.29, 1.82) is 0 Å². The number of ketones is 1. The Balaban J connectivity index is 2.08. The first-order valence-corrected chi connectivity index (χ1v) is 7.62. The molecule has 0 aliphatic carbocycles. The fourth-order valence-electron chi connectivity index (χ4n) is 2.59. The van der Waals surface area contributed by atoms with E-state index >= 15 is 0 Å². The van der Waals surface area contributed by atoms with Crippen LogP contribution in [0.15, 0.2) is 48.5 Å². The number of fused-ring (bicyclic) bond motifs is 1. The average Bonchev–Trinajstić information content (AvgIpc) is 2.60. The van der Waals surface area contributed by atoms with E-state index in [9.17, 15) is 4.79 Å². The second-order valence-electron chi connectivity index (χ2n) is 5.22. The molecule has 3 aromatic rings. The molecular formula is C19H18N2O. The van der Waals surface area contributed by atoms with Crippen LogP contribution in [0.4, 0.5) is 0 Å². The van der Waals surface area contributed by atoms with Crippen molar-refractivity contribution in [2.45, 2.75) is 26.7 Å². The molecule has 2 aromatic carbocycles. The molecule has 0 bridgehead atoms. The van der Waals surface area contributed by atoms with Crippen molar-refractivity contribution in [2.24, 2.45) is 0 Å². The predicted octanol–water partition coefficient (Wildman–Crippen LogP) is 3.99. The van der Waals surface area contributed by atoms with E-state index in [0.29, 0.717) is 11.1 Å². The number of hydrogen-bond acceptors (Lipinski definition) is 3. The zero-order valence-electron chi connectivity index (χ0n) is 12.8. The van der Waals surface area contributed by atoms with Gasteiger partial charge in [-0.2, -0.15) is 0 Å². The van der Waals surface area contributed by atoms with Gasteiger partial charge in [-0.25, -0.2) is 9.97 Å². The highest BCUT2D eigenvalue weighted by molar-refractivity contribution is 6.10. The topological polar surface area (TPSA) is 42.9 Å². The number of aromatic nitrogens is 2. The van der Waals surface area contributed by atoms with Crippen molar-refractivity contribution < 1.29 is 4.79 Å². The van der Waals surface area contributed by atoms with E-state index in [1.807, 2.05) is 48.5 Å². The van der Waals surface area contributed by atoms with Crippen LogP contribution in [0.5, 0.6) is 0 Å². The number of aryl methyl sites for hydroxylation is 2. The number of rotatable bonds is 4. The van der Waals surface area contributed by atoms with Gasteiger partial charge in [-0.3, -0.25) is 4.79 Å². The highest BCUT2D eigenvalue weighted by atomic mass is 16.1. The van der Waals surface area contributed by atoms with E-state index in [1.165, 1.54) is 0 Å². The van der Waals surface area contributed by atoms with Gasteiger partial charge in [0.15, 0.2) is 5.78 Å². The third-order valence-corrected chi connectivity index (χ3v) is 3.79. The fraction of sp³-hybridized carbons (Fsp3) is 0.211. The van der Waals surface area contributed by atoms with Gasteiger partial charge in [0.1, 0.15) is 0 Å². The average molecular weight is 290 g/mol. The third-order valence-electron chi connectivity index (χ3n) is 3.79. The smallest absolute Gasteiger partial charge is 0.193 e. The third kappa shape index (κ3) is 2.62. The van der Waals surface area contributed by atoms with Crippen LogP contribution in [-0.4, -0.2) is 15.8 Å². The van der Waals surface area contributed by atoms with E-state index in [1.54, 1.807) is 0 Å². The first-order valence-electron chi connectivity index (χ1n) is 7.62. The Kier molecular flexibility index (Phi) is 3.96. The van der Waals surface area contributed by atoms with Crippen LogP contribution in [0.2, 0.25) is 0 Å². The normalized spacial score (nSPS) is 10.8. The Morgan fingerprint density at radius 2 is 1.45 bits per heavy atom. The molecule has 110 valence electrons. The van der Waals surface area contributed by atoms with Crippen LogP contribution in [0.3, 0.4) is 0 Å². The quantitative estimate of drug-likeness (QED) is 0.682. The maximum Gasteiger partial charge on any atom is 0.193 e. The number of nitrogens with zero attached hydrogens (tertiary/aromatic N) is 2. The van der Waals surface area contributed by atoms with Crippen molar-refractivity contribution in [3.8, 4) is 0 Å². The maximum atomic E-state index is 12.5. The maximum absolute atomic E-state index is 12.5. The van der Waals surface area contributed by atoms with Gasteiger partial charge in [0, 0.05) is 11.1 Å². The lowest BCUT2D eigenvalue weighted by atomic mass is 10.0. The standard InChI is InChI=1S/C19H18N2O/c1-3-15-16(4-2)21-18-12-14(10-11-17(18)20-15)19(22)13-8-6-5-7-9-13/h5-12H,3-4H2,1-2H3. The Morgan fingerprint density at radius 3 is 2.09 bits per heavy atom. The number of carbonyl (C=O) groups is 1. The van der Waals surface area contributed by atoms with Gasteiger partial charge in [-0.05, 0) is 31.0 Å². The van der Waals surface area contributed by atoms with Gasteiger partial charge in [0.2, 0.25) is 0 Å². The first-order chi connectivity index (χ1) is 10.7. The van der Waals surface area contributed by atoms with Crippen molar-refractivity contribution in [1.82, 2.24) is 9.97 Å². The molecule has 0 amide bonds. The Hall–Kier alpha value is -2.55. The van der Waals surface area contributed by atoms with Gasteiger partial charge >= 0.3 is 0 Å². The largest absolute Gasteiger partial charge is 0.289 e. The van der Waals surface area contributed by atoms with Crippen molar-refractivity contribution >= 4 is 16.8 Å². The van der Waals surface area contributed by atoms with E-state index in [-0.39, 0.29) is 5.78 Å². The summed E-state index contributed by atoms with van der Waals surface area (Å²) < 4.78 is 0. The molecular weight excluding hydrogens is 272 g/mol. The molecule has 0 fully saturated rings. The predicted molar refractivity (Wildman–Crippen MR) is 88.2 cm³/mol. The lowest BCUT2D eigenvalue weighted by Crippen LogP contribution is -2.04. The van der Waals surface area contributed by atoms with Gasteiger partial charge in [0.05, 0.1) is 22.4 Å². The summed E-state index contributed by atoms with van der Waals surface area (Å²) in [6.07, 6.45) is 1.72. The lowest BCUT2D eigenvalue weighted by Gasteiger charge is -2.08. The molecule has 3 nitrogen and oxygen atoms in total. The van der Waals surface area contributed by atoms with Crippen LogP contribution in [0.1, 0.15) is 41.2 Å². The molecule has 0 unspecified atom stereocenters. The monoisotopic (exact) mass is 290 g/mol. The summed E-state index contributed by atoms with van der Waals surface area (Å²) in [7, 11) is 0. The minimum Gasteiger partial charge on any atom is -0.289 e. The van der Waals surface area contributed by atoms with Crippen molar-refractivity contribution in [3.63, 3.8) is 0 Å². The van der Waals surface area contributed by atoms with E-state index in [2.05, 4.69) is 23.8 Å². The summed E-state index contributed by atoms with van der Waals surface area (Å²) in [5.74, 6) is 0.0157. The summed E-state index contributed by atoms with van der Waals surface area (Å²) >= 11 is 0. The zero-order valence-corrected chi connectivity index (χ0v) is 12.8. The van der Waals surface area contributed by atoms with E-state index < -0.39 is 0 Å². The van der Waals surface area contributed by atoms with Gasteiger partial charge in [0.25, 0.3) is 0 Å². The molecule has 3 heteroatoms. The second kappa shape index (κ2) is 6.06. The van der Waals surface area contributed by atoms with Crippen LogP contribution < -0.4 is 0 Å². The molecule has 0 radical (unpaired) electrons. The molecule has 0 N–H and O–H groups in total. The summed E-state index contributed by atoms with van der Waals surface area (Å²) in [6, 6.07) is 14.9. The Morgan fingerprint density at radius 1 is 0.818 bits per heavy atom. The van der Waals surface area contributed by atoms with Gasteiger partial charge < -0.3 is 0 Å². The van der Waals surface area contributed by atoms with Crippen LogP contribution in [0, 0.1) is 0 Å². The highest BCUT2D eigenvalue weighted by Gasteiger charge is 2.11. The van der Waals surface area contributed by atoms with Crippen LogP contribution in [-0.2, 0) is 12.8 Å². The highest BCUT2D eigenvalue weighted by Crippen LogP contribution is 2.18. The Bertz CT molecular complexity index is 825. The van der Waals surface area contributed by atoms with Crippen LogP contribution >= 0.6 is 0 Å². The van der Waals surface area contributed by atoms with Crippen molar-refractivity contribution in [3.05, 3.63) is 71.0 Å². The Labute approximate surface area is 130 Å². The van der Waals surface area contributed by atoms with Gasteiger partial charge in [-0.15, -0.1) is 0 Å². The molecule has 22 heavy (non-hydrogen) atoms. The summed E-state index contributed by atoms with van der Waals surface area (Å²) in [5, 5.41) is 0. The molecule has 0 spiro atoms. The summed E-state index contributed by atoms with van der Waals surface area (Å²) in [5.41, 5.74) is 5.03. The van der Waals surface area contributed by atoms with Crippen LogP contribution in [0.25, 0.3) is 11.0 Å². The first kappa shape index (κ1) is 14.4. The minimum atomic E-state index is 0.0157. The molecule has 0 aliphatic rings. The van der Waals surface area contributed by atoms with Crippen molar-refractivity contribution in [2.75, 3.05) is 0 Å². The summed E-state index contributed by atoms with van der Waals surface area (Å²) in [6.45, 7) is 4.16.